The molecule has 4 aliphatic rings. The molecule has 11 rings (SSSR count). The van der Waals surface area contributed by atoms with Gasteiger partial charge < -0.3 is 14.2 Å². The quantitative estimate of drug-likeness (QED) is 0.165. The summed E-state index contributed by atoms with van der Waals surface area (Å²) in [4.78, 5) is 5.52. The van der Waals surface area contributed by atoms with Gasteiger partial charge in [-0.15, -0.1) is 0 Å². The standard InChI is InChI=1S/C59H63BN2O/c1-36-29-47-50-48(30-36)62-53-45(58(11)27-19-20-28-59(58,62)12)33-41(57(8,9)10)34-46(53)60(50)54-52(42-26-25-39(55(2,3)4)35-49(42)63-54)61(47)51-43(37-21-15-13-16-22-37)31-40(56(5,6)7)32-44(51)38-23-17-14-18-24-38/h13-18,21-26,29-35H,19-20,27-28H2,1-12H3. The van der Waals surface area contributed by atoms with Crippen LogP contribution in [0.4, 0.5) is 28.4 Å². The summed E-state index contributed by atoms with van der Waals surface area (Å²) in [6, 6.07) is 44.4. The minimum atomic E-state index is -0.0822. The van der Waals surface area contributed by atoms with Gasteiger partial charge in [-0.2, -0.15) is 0 Å². The first-order valence-corrected chi connectivity index (χ1v) is 23.6. The number of hydrogen-bond donors (Lipinski definition) is 0. The molecular weight excluding hydrogens is 763 g/mol. The molecule has 0 amide bonds. The average molecular weight is 827 g/mol. The van der Waals surface area contributed by atoms with E-state index in [1.54, 1.807) is 0 Å². The van der Waals surface area contributed by atoms with Crippen LogP contribution in [0.5, 0.6) is 0 Å². The van der Waals surface area contributed by atoms with E-state index in [0.29, 0.717) is 0 Å². The number of anilines is 5. The molecule has 2 atom stereocenters. The van der Waals surface area contributed by atoms with E-state index in [4.69, 9.17) is 4.42 Å². The Morgan fingerprint density at radius 2 is 1.14 bits per heavy atom. The molecule has 0 spiro atoms. The molecule has 1 saturated carbocycles. The molecular formula is C59H63BN2O. The Labute approximate surface area is 376 Å². The first kappa shape index (κ1) is 40.3. The number of rotatable bonds is 3. The van der Waals surface area contributed by atoms with Gasteiger partial charge in [0.1, 0.15) is 5.58 Å². The molecule has 6 aromatic carbocycles. The second-order valence-electron chi connectivity index (χ2n) is 23.0. The Morgan fingerprint density at radius 3 is 1.75 bits per heavy atom. The molecule has 0 saturated heterocycles. The topological polar surface area (TPSA) is 19.6 Å². The fraction of sp³-hybridized carbons (Fsp3) is 0.356. The monoisotopic (exact) mass is 827 g/mol. The predicted octanol–water partition coefficient (Wildman–Crippen LogP) is 14.3. The molecule has 318 valence electrons. The van der Waals surface area contributed by atoms with E-state index >= 15 is 0 Å². The number of hydrogen-bond acceptors (Lipinski definition) is 3. The highest BCUT2D eigenvalue weighted by atomic mass is 16.3. The van der Waals surface area contributed by atoms with Crippen molar-refractivity contribution < 1.29 is 4.42 Å². The van der Waals surface area contributed by atoms with Gasteiger partial charge in [-0.1, -0.05) is 161 Å². The highest BCUT2D eigenvalue weighted by Crippen LogP contribution is 2.63. The molecule has 2 unspecified atom stereocenters. The highest BCUT2D eigenvalue weighted by molar-refractivity contribution is 7.00. The Morgan fingerprint density at radius 1 is 0.571 bits per heavy atom. The lowest BCUT2D eigenvalue weighted by atomic mass is 9.35. The molecule has 0 bridgehead atoms. The van der Waals surface area contributed by atoms with Crippen molar-refractivity contribution in [2.24, 2.45) is 0 Å². The average Bonchev–Trinajstić information content (AvgIpc) is 3.71. The summed E-state index contributed by atoms with van der Waals surface area (Å²) in [7, 11) is 0. The van der Waals surface area contributed by atoms with Gasteiger partial charge in [-0.25, -0.2) is 0 Å². The third-order valence-corrected chi connectivity index (χ3v) is 15.9. The second-order valence-corrected chi connectivity index (χ2v) is 23.0. The zero-order valence-corrected chi connectivity index (χ0v) is 39.7. The first-order chi connectivity index (χ1) is 29.8. The van der Waals surface area contributed by atoms with E-state index in [9.17, 15) is 0 Å². The van der Waals surface area contributed by atoms with Gasteiger partial charge >= 0.3 is 0 Å². The molecule has 1 aromatic heterocycles. The van der Waals surface area contributed by atoms with Gasteiger partial charge in [-0.3, -0.25) is 0 Å². The fourth-order valence-corrected chi connectivity index (χ4v) is 12.1. The SMILES string of the molecule is Cc1cc2c3c(c1)N1c4c(cc(C(C)(C)C)cc4C4(C)CCCCC14C)B3c1oc3cc(C(C)(C)C)ccc3c1N2c1c(-c2ccccc2)cc(C(C)(C)C)cc1-c1ccccc1. The molecule has 0 radical (unpaired) electrons. The molecule has 7 aromatic rings. The van der Waals surface area contributed by atoms with Crippen LogP contribution >= 0.6 is 0 Å². The van der Waals surface area contributed by atoms with Crippen LogP contribution in [-0.4, -0.2) is 12.3 Å². The Balaban J connectivity index is 1.34. The van der Waals surface area contributed by atoms with Gasteiger partial charge in [0.15, 0.2) is 0 Å². The van der Waals surface area contributed by atoms with Gasteiger partial charge in [0.25, 0.3) is 6.71 Å². The Kier molecular flexibility index (Phi) is 8.50. The fourth-order valence-electron chi connectivity index (χ4n) is 12.1. The van der Waals surface area contributed by atoms with Crippen molar-refractivity contribution in [3.05, 3.63) is 143 Å². The van der Waals surface area contributed by atoms with Gasteiger partial charge in [0.05, 0.1) is 22.6 Å². The maximum Gasteiger partial charge on any atom is 0.297 e. The van der Waals surface area contributed by atoms with Gasteiger partial charge in [-0.05, 0) is 129 Å². The largest absolute Gasteiger partial charge is 0.468 e. The Hall–Kier alpha value is -5.48. The van der Waals surface area contributed by atoms with Gasteiger partial charge in [0, 0.05) is 39.0 Å². The molecule has 63 heavy (non-hydrogen) atoms. The van der Waals surface area contributed by atoms with Crippen LogP contribution in [0.25, 0.3) is 33.2 Å². The van der Waals surface area contributed by atoms with Crippen LogP contribution in [0.2, 0.25) is 0 Å². The smallest absolute Gasteiger partial charge is 0.297 e. The lowest BCUT2D eigenvalue weighted by Crippen LogP contribution is -2.64. The minimum absolute atomic E-state index is 0.00245. The van der Waals surface area contributed by atoms with Crippen LogP contribution < -0.4 is 26.4 Å². The van der Waals surface area contributed by atoms with E-state index in [1.165, 1.54) is 103 Å². The molecule has 3 aliphatic heterocycles. The summed E-state index contributed by atoms with van der Waals surface area (Å²) in [6.07, 6.45) is 4.86. The van der Waals surface area contributed by atoms with Crippen LogP contribution in [0.3, 0.4) is 0 Å². The lowest BCUT2D eigenvalue weighted by Gasteiger charge is -2.52. The van der Waals surface area contributed by atoms with Crippen molar-refractivity contribution in [3.8, 4) is 22.3 Å². The highest BCUT2D eigenvalue weighted by Gasteiger charge is 2.62. The third-order valence-electron chi connectivity index (χ3n) is 15.9. The summed E-state index contributed by atoms with van der Waals surface area (Å²) in [5, 5.41) is 1.16. The van der Waals surface area contributed by atoms with Crippen molar-refractivity contribution in [2.75, 3.05) is 9.80 Å². The molecule has 0 N–H and O–H groups in total. The van der Waals surface area contributed by atoms with Crippen molar-refractivity contribution >= 4 is 62.7 Å². The van der Waals surface area contributed by atoms with Crippen LogP contribution in [0, 0.1) is 6.92 Å². The maximum absolute atomic E-state index is 7.61. The Bertz CT molecular complexity index is 2950. The lowest BCUT2D eigenvalue weighted by molar-refractivity contribution is 0.195. The van der Waals surface area contributed by atoms with Crippen LogP contribution in [0.1, 0.15) is 130 Å². The molecule has 3 nitrogen and oxygen atoms in total. The van der Waals surface area contributed by atoms with E-state index in [-0.39, 0.29) is 33.9 Å². The first-order valence-electron chi connectivity index (χ1n) is 23.6. The van der Waals surface area contributed by atoms with Crippen molar-refractivity contribution in [1.29, 1.82) is 0 Å². The van der Waals surface area contributed by atoms with Crippen molar-refractivity contribution in [3.63, 3.8) is 0 Å². The zero-order chi connectivity index (χ0) is 44.2. The van der Waals surface area contributed by atoms with E-state index in [1.807, 2.05) is 0 Å². The summed E-state index contributed by atoms with van der Waals surface area (Å²) in [6.45, 7) is 28.5. The summed E-state index contributed by atoms with van der Waals surface area (Å²) >= 11 is 0. The number of aryl methyl sites for hydroxylation is 1. The maximum atomic E-state index is 7.61. The summed E-state index contributed by atoms with van der Waals surface area (Å²) in [5.41, 5.74) is 22.6. The molecule has 1 aliphatic carbocycles. The van der Waals surface area contributed by atoms with E-state index < -0.39 is 0 Å². The van der Waals surface area contributed by atoms with Crippen molar-refractivity contribution in [1.82, 2.24) is 0 Å². The normalized spacial score (nSPS) is 20.2. The summed E-state index contributed by atoms with van der Waals surface area (Å²) in [5.74, 6) is 0. The zero-order valence-electron chi connectivity index (χ0n) is 39.7. The van der Waals surface area contributed by atoms with Crippen LogP contribution in [0.15, 0.2) is 120 Å². The van der Waals surface area contributed by atoms with Crippen LogP contribution in [-0.2, 0) is 21.7 Å². The molecule has 1 fully saturated rings. The van der Waals surface area contributed by atoms with Crippen molar-refractivity contribution in [2.45, 2.75) is 136 Å². The van der Waals surface area contributed by atoms with E-state index in [2.05, 4.69) is 208 Å². The molecule has 4 heterocycles. The minimum Gasteiger partial charge on any atom is -0.468 e. The predicted molar refractivity (Wildman–Crippen MR) is 270 cm³/mol. The number of nitrogens with zero attached hydrogens (tertiary/aromatic N) is 2. The second kappa shape index (κ2) is 13.3. The number of furan rings is 1. The van der Waals surface area contributed by atoms with E-state index in [0.717, 1.165) is 28.7 Å². The number of fused-ring (bicyclic) bond motifs is 9. The molecule has 4 heteroatoms. The summed E-state index contributed by atoms with van der Waals surface area (Å²) < 4.78 is 7.61. The van der Waals surface area contributed by atoms with Gasteiger partial charge in [0.2, 0.25) is 0 Å². The number of benzene rings is 6. The third kappa shape index (κ3) is 5.71.